The quantitative estimate of drug-likeness (QED) is 0.132. The van der Waals surface area contributed by atoms with Crippen LogP contribution in [0.15, 0.2) is 211 Å². The third-order valence-corrected chi connectivity index (χ3v) is 10.3. The number of rotatable bonds is 10. The smallest absolute Gasteiger partial charge is 0.146 e. The van der Waals surface area contributed by atoms with Gasteiger partial charge in [-0.3, -0.25) is 4.99 Å². The van der Waals surface area contributed by atoms with Gasteiger partial charge in [0, 0.05) is 22.4 Å². The van der Waals surface area contributed by atoms with Crippen LogP contribution in [0.1, 0.15) is 5.56 Å². The molecule has 0 aromatic heterocycles. The molecule has 0 spiro atoms. The van der Waals surface area contributed by atoms with Gasteiger partial charge in [-0.05, 0) is 116 Å². The molecule has 262 valence electrons. The van der Waals surface area contributed by atoms with E-state index in [2.05, 4.69) is 199 Å². The molecule has 0 radical (unpaired) electrons. The predicted molar refractivity (Wildman–Crippen MR) is 232 cm³/mol. The van der Waals surface area contributed by atoms with E-state index in [9.17, 15) is 0 Å². The average molecular weight is 707 g/mol. The molecule has 3 heteroatoms. The fourth-order valence-corrected chi connectivity index (χ4v) is 7.33. The van der Waals surface area contributed by atoms with Crippen molar-refractivity contribution in [3.63, 3.8) is 0 Å². The molecule has 55 heavy (non-hydrogen) atoms. The molecule has 3 nitrogen and oxygen atoms in total. The van der Waals surface area contributed by atoms with E-state index >= 15 is 0 Å². The lowest BCUT2D eigenvalue weighted by Crippen LogP contribution is -2.09. The number of aliphatic imine (C=N–C) groups is 1. The highest BCUT2D eigenvalue weighted by Gasteiger charge is 2.14. The van der Waals surface area contributed by atoms with Crippen molar-refractivity contribution in [2.75, 3.05) is 4.90 Å². The zero-order valence-electron chi connectivity index (χ0n) is 30.3. The van der Waals surface area contributed by atoms with Gasteiger partial charge in [0.25, 0.3) is 0 Å². The van der Waals surface area contributed by atoms with Crippen molar-refractivity contribution in [1.82, 2.24) is 0 Å². The van der Waals surface area contributed by atoms with E-state index in [0.717, 1.165) is 67.1 Å². The Morgan fingerprint density at radius 1 is 0.400 bits per heavy atom. The summed E-state index contributed by atoms with van der Waals surface area (Å²) in [6.45, 7) is 4.36. The van der Waals surface area contributed by atoms with E-state index in [-0.39, 0.29) is 0 Å². The first kappa shape index (κ1) is 33.6. The number of fused-ring (bicyclic) bond motifs is 2. The SMILES string of the molecule is C=Nc1c(OCc2ccccc2)ccc2ccc(-c3ccc(-c4ccc(N(c5ccccc5)c5ccc(-c6ccc7ccccc7c6)cc5)cc4)cc3)cc12. The second-order valence-corrected chi connectivity index (χ2v) is 13.7. The van der Waals surface area contributed by atoms with E-state index in [0.29, 0.717) is 6.61 Å². The monoisotopic (exact) mass is 706 g/mol. The summed E-state index contributed by atoms with van der Waals surface area (Å²) in [5.74, 6) is 0.728. The number of benzene rings is 9. The molecule has 0 bridgehead atoms. The predicted octanol–water partition coefficient (Wildman–Crippen LogP) is 14.4. The molecule has 0 atom stereocenters. The Morgan fingerprint density at radius 2 is 0.855 bits per heavy atom. The average Bonchev–Trinajstić information content (AvgIpc) is 3.26. The molecule has 0 heterocycles. The van der Waals surface area contributed by atoms with Crippen molar-refractivity contribution in [2.45, 2.75) is 6.61 Å². The maximum absolute atomic E-state index is 6.20. The lowest BCUT2D eigenvalue weighted by Gasteiger charge is -2.26. The van der Waals surface area contributed by atoms with Crippen LogP contribution in [0.3, 0.4) is 0 Å². The molecule has 0 aliphatic heterocycles. The largest absolute Gasteiger partial charge is 0.487 e. The fraction of sp³-hybridized carbons (Fsp3) is 0.0192. The first-order valence-electron chi connectivity index (χ1n) is 18.6. The van der Waals surface area contributed by atoms with Gasteiger partial charge in [0.15, 0.2) is 0 Å². The summed E-state index contributed by atoms with van der Waals surface area (Å²) in [7, 11) is 0. The molecule has 0 unspecified atom stereocenters. The van der Waals surface area contributed by atoms with Gasteiger partial charge in [0.05, 0.1) is 0 Å². The van der Waals surface area contributed by atoms with E-state index in [1.807, 2.05) is 24.3 Å². The Balaban J connectivity index is 0.964. The first-order valence-corrected chi connectivity index (χ1v) is 18.6. The molecule has 0 saturated heterocycles. The summed E-state index contributed by atoms with van der Waals surface area (Å²) >= 11 is 0. The van der Waals surface area contributed by atoms with Gasteiger partial charge in [0.1, 0.15) is 18.0 Å². The van der Waals surface area contributed by atoms with Crippen LogP contribution in [0.4, 0.5) is 22.7 Å². The highest BCUT2D eigenvalue weighted by Crippen LogP contribution is 2.40. The van der Waals surface area contributed by atoms with E-state index < -0.39 is 0 Å². The minimum Gasteiger partial charge on any atom is -0.487 e. The second kappa shape index (κ2) is 15.0. The van der Waals surface area contributed by atoms with Gasteiger partial charge in [-0.1, -0.05) is 152 Å². The molecular weight excluding hydrogens is 669 g/mol. The third kappa shape index (κ3) is 6.99. The number of hydrogen-bond donors (Lipinski definition) is 0. The van der Waals surface area contributed by atoms with E-state index in [1.54, 1.807) is 0 Å². The number of hydrogen-bond acceptors (Lipinski definition) is 3. The van der Waals surface area contributed by atoms with Gasteiger partial charge in [-0.25, -0.2) is 0 Å². The minimum atomic E-state index is 0.473. The van der Waals surface area contributed by atoms with Crippen LogP contribution in [0.25, 0.3) is 54.9 Å². The molecule has 0 amide bonds. The van der Waals surface area contributed by atoms with Crippen molar-refractivity contribution in [2.24, 2.45) is 4.99 Å². The van der Waals surface area contributed by atoms with E-state index in [1.165, 1.54) is 21.9 Å². The standard InChI is InChI=1S/C52H38N2O/c1-53-52-50-35-46(23-21-43(50)28-33-51(52)55-36-37-10-4-2-5-11-37)41-18-16-39(17-19-41)40-24-29-48(30-25-40)54(47-14-6-3-7-15-47)49-31-26-42(27-32-49)45-22-20-38-12-8-9-13-44(38)34-45/h2-35H,1,36H2. The highest BCUT2D eigenvalue weighted by atomic mass is 16.5. The highest BCUT2D eigenvalue weighted by molar-refractivity contribution is 5.99. The fourth-order valence-electron chi connectivity index (χ4n) is 7.33. The molecular formula is C52H38N2O. The zero-order valence-corrected chi connectivity index (χ0v) is 30.3. The second-order valence-electron chi connectivity index (χ2n) is 13.7. The summed E-state index contributed by atoms with van der Waals surface area (Å²) < 4.78 is 6.20. The molecule has 9 aromatic rings. The Kier molecular flexibility index (Phi) is 9.17. The summed E-state index contributed by atoms with van der Waals surface area (Å²) in [5, 5.41) is 4.61. The summed E-state index contributed by atoms with van der Waals surface area (Å²) in [6.07, 6.45) is 0. The summed E-state index contributed by atoms with van der Waals surface area (Å²) in [6, 6.07) is 72.9. The number of ether oxygens (including phenoxy) is 1. The van der Waals surface area contributed by atoms with Gasteiger partial charge < -0.3 is 9.64 Å². The zero-order chi connectivity index (χ0) is 37.0. The summed E-state index contributed by atoms with van der Waals surface area (Å²) in [5.41, 5.74) is 12.2. The third-order valence-electron chi connectivity index (χ3n) is 10.3. The molecule has 9 aromatic carbocycles. The van der Waals surface area contributed by atoms with E-state index in [4.69, 9.17) is 4.74 Å². The molecule has 0 fully saturated rings. The Bertz CT molecular complexity index is 2740. The van der Waals surface area contributed by atoms with Crippen molar-refractivity contribution >= 4 is 51.0 Å². The number of anilines is 3. The maximum Gasteiger partial charge on any atom is 0.146 e. The number of para-hydroxylation sites is 1. The normalized spacial score (nSPS) is 11.1. The Hall–Kier alpha value is -7.23. The molecule has 0 N–H and O–H groups in total. The van der Waals surface area contributed by atoms with Crippen molar-refractivity contribution < 1.29 is 4.74 Å². The van der Waals surface area contributed by atoms with Gasteiger partial charge in [-0.2, -0.15) is 0 Å². The first-order chi connectivity index (χ1) is 27.2. The maximum atomic E-state index is 6.20. The van der Waals surface area contributed by atoms with Crippen LogP contribution in [0, 0.1) is 0 Å². The lowest BCUT2D eigenvalue weighted by molar-refractivity contribution is 0.308. The lowest BCUT2D eigenvalue weighted by atomic mass is 9.97. The summed E-state index contributed by atoms with van der Waals surface area (Å²) in [4.78, 5) is 6.71. The van der Waals surface area contributed by atoms with Crippen LogP contribution in [0.2, 0.25) is 0 Å². The van der Waals surface area contributed by atoms with Gasteiger partial charge >= 0.3 is 0 Å². The van der Waals surface area contributed by atoms with Gasteiger partial charge in [0.2, 0.25) is 0 Å². The topological polar surface area (TPSA) is 24.8 Å². The van der Waals surface area contributed by atoms with Crippen LogP contribution in [0.5, 0.6) is 5.75 Å². The van der Waals surface area contributed by atoms with Crippen LogP contribution in [-0.2, 0) is 6.61 Å². The molecule has 0 aliphatic rings. The molecule has 9 rings (SSSR count). The van der Waals surface area contributed by atoms with Crippen LogP contribution < -0.4 is 9.64 Å². The van der Waals surface area contributed by atoms with Crippen LogP contribution >= 0.6 is 0 Å². The Morgan fingerprint density at radius 3 is 1.47 bits per heavy atom. The van der Waals surface area contributed by atoms with Crippen molar-refractivity contribution in [1.29, 1.82) is 0 Å². The van der Waals surface area contributed by atoms with Gasteiger partial charge in [-0.15, -0.1) is 0 Å². The molecule has 0 saturated carbocycles. The Labute approximate surface area is 322 Å². The minimum absolute atomic E-state index is 0.473. The van der Waals surface area contributed by atoms with Crippen LogP contribution in [-0.4, -0.2) is 6.72 Å². The van der Waals surface area contributed by atoms with Crippen molar-refractivity contribution in [3.8, 4) is 39.1 Å². The molecule has 0 aliphatic carbocycles. The number of nitrogens with zero attached hydrogens (tertiary/aromatic N) is 2. The van der Waals surface area contributed by atoms with Crippen molar-refractivity contribution in [3.05, 3.63) is 212 Å².